The summed E-state index contributed by atoms with van der Waals surface area (Å²) in [7, 11) is 1.56. The van der Waals surface area contributed by atoms with Crippen molar-refractivity contribution in [3.63, 3.8) is 0 Å². The third-order valence-electron chi connectivity index (χ3n) is 2.98. The van der Waals surface area contributed by atoms with Crippen LogP contribution in [0.4, 0.5) is 0 Å². The van der Waals surface area contributed by atoms with Crippen molar-refractivity contribution in [3.05, 3.63) is 42.5 Å². The lowest BCUT2D eigenvalue weighted by Crippen LogP contribution is -2.35. The Morgan fingerprint density at radius 1 is 1.33 bits per heavy atom. The highest BCUT2D eigenvalue weighted by atomic mass is 16.5. The quantitative estimate of drug-likeness (QED) is 0.426. The molecular formula is C18H23NO5. The molecule has 6 nitrogen and oxygen atoms in total. The van der Waals surface area contributed by atoms with Crippen molar-refractivity contribution in [2.75, 3.05) is 20.3 Å². The zero-order valence-corrected chi connectivity index (χ0v) is 14.2. The van der Waals surface area contributed by atoms with Gasteiger partial charge in [-0.25, -0.2) is 4.79 Å². The van der Waals surface area contributed by atoms with Gasteiger partial charge in [0.05, 0.1) is 13.7 Å². The third kappa shape index (κ3) is 6.16. The molecule has 0 aliphatic rings. The van der Waals surface area contributed by atoms with Crippen LogP contribution >= 0.6 is 0 Å². The molecule has 0 radical (unpaired) electrons. The molecule has 24 heavy (non-hydrogen) atoms. The minimum Gasteiger partial charge on any atom is -0.493 e. The first-order chi connectivity index (χ1) is 11.5. The van der Waals surface area contributed by atoms with Gasteiger partial charge in [-0.05, 0) is 37.6 Å². The Kier molecular flexibility index (Phi) is 8.11. The Morgan fingerprint density at radius 3 is 2.71 bits per heavy atom. The van der Waals surface area contributed by atoms with Crippen LogP contribution in [0.5, 0.6) is 11.5 Å². The average Bonchev–Trinajstić information content (AvgIpc) is 2.58. The van der Waals surface area contributed by atoms with E-state index >= 15 is 0 Å². The molecule has 1 N–H and O–H groups in total. The van der Waals surface area contributed by atoms with E-state index in [-0.39, 0.29) is 5.91 Å². The lowest BCUT2D eigenvalue weighted by Gasteiger charge is -2.11. The van der Waals surface area contributed by atoms with Crippen LogP contribution in [0, 0.1) is 0 Å². The first kappa shape index (κ1) is 19.3. The molecule has 0 aliphatic carbocycles. The normalized spacial score (nSPS) is 11.6. The maximum absolute atomic E-state index is 11.8. The van der Waals surface area contributed by atoms with Gasteiger partial charge in [0.2, 0.25) is 0 Å². The largest absolute Gasteiger partial charge is 0.493 e. The first-order valence-corrected chi connectivity index (χ1v) is 7.60. The lowest BCUT2D eigenvalue weighted by atomic mass is 10.2. The second kappa shape index (κ2) is 10.1. The standard InChI is InChI=1S/C18H23NO5/c1-5-11-19-18(21)13(3)24-17(20)10-8-14-7-9-15(22-4)16(12-14)23-6-2/h5,7-10,12-13H,1,6,11H2,2-4H3,(H,19,21)/b10-8+/t13-/m0/s1. The number of carbonyl (C=O) groups is 2. The smallest absolute Gasteiger partial charge is 0.331 e. The van der Waals surface area contributed by atoms with Crippen molar-refractivity contribution < 1.29 is 23.8 Å². The molecule has 0 bridgehead atoms. The van der Waals surface area contributed by atoms with Gasteiger partial charge in [0.15, 0.2) is 17.6 Å². The van der Waals surface area contributed by atoms with Crippen molar-refractivity contribution in [3.8, 4) is 11.5 Å². The Hall–Kier alpha value is -2.76. The van der Waals surface area contributed by atoms with E-state index in [1.54, 1.807) is 37.5 Å². The number of amides is 1. The average molecular weight is 333 g/mol. The summed E-state index contributed by atoms with van der Waals surface area (Å²) in [4.78, 5) is 23.4. The number of methoxy groups -OCH3 is 1. The van der Waals surface area contributed by atoms with Crippen LogP contribution in [-0.4, -0.2) is 38.2 Å². The maximum Gasteiger partial charge on any atom is 0.331 e. The predicted molar refractivity (Wildman–Crippen MR) is 92.0 cm³/mol. The Morgan fingerprint density at radius 2 is 2.08 bits per heavy atom. The van der Waals surface area contributed by atoms with Gasteiger partial charge in [0.1, 0.15) is 0 Å². The highest BCUT2D eigenvalue weighted by molar-refractivity contribution is 5.90. The minimum atomic E-state index is -0.878. The number of nitrogens with one attached hydrogen (secondary N) is 1. The summed E-state index contributed by atoms with van der Waals surface area (Å²) in [5.74, 6) is 0.224. The molecule has 1 atom stereocenters. The Labute approximate surface area is 142 Å². The highest BCUT2D eigenvalue weighted by Gasteiger charge is 2.15. The van der Waals surface area contributed by atoms with E-state index in [9.17, 15) is 9.59 Å². The van der Waals surface area contributed by atoms with Gasteiger partial charge < -0.3 is 19.5 Å². The van der Waals surface area contributed by atoms with E-state index in [2.05, 4.69) is 11.9 Å². The van der Waals surface area contributed by atoms with Crippen molar-refractivity contribution in [1.29, 1.82) is 0 Å². The van der Waals surface area contributed by atoms with Gasteiger partial charge in [0.25, 0.3) is 5.91 Å². The monoisotopic (exact) mass is 333 g/mol. The molecule has 1 aromatic carbocycles. The molecule has 1 rings (SSSR count). The number of carbonyl (C=O) groups excluding carboxylic acids is 2. The summed E-state index contributed by atoms with van der Waals surface area (Å²) < 4.78 is 15.7. The summed E-state index contributed by atoms with van der Waals surface area (Å²) in [6.07, 6.45) is 3.51. The van der Waals surface area contributed by atoms with Gasteiger partial charge in [-0.2, -0.15) is 0 Å². The summed E-state index contributed by atoms with van der Waals surface area (Å²) in [5, 5.41) is 2.56. The molecule has 0 spiro atoms. The summed E-state index contributed by atoms with van der Waals surface area (Å²) in [6.45, 7) is 7.70. The molecule has 1 aromatic rings. The van der Waals surface area contributed by atoms with Crippen LogP contribution in [0.25, 0.3) is 6.08 Å². The number of rotatable bonds is 9. The number of ether oxygens (including phenoxy) is 3. The van der Waals surface area contributed by atoms with Crippen LogP contribution in [0.3, 0.4) is 0 Å². The van der Waals surface area contributed by atoms with E-state index in [0.717, 1.165) is 5.56 Å². The molecule has 0 heterocycles. The molecule has 6 heteroatoms. The van der Waals surface area contributed by atoms with Crippen molar-refractivity contribution >= 4 is 18.0 Å². The summed E-state index contributed by atoms with van der Waals surface area (Å²) >= 11 is 0. The van der Waals surface area contributed by atoms with Crippen molar-refractivity contribution in [2.24, 2.45) is 0 Å². The van der Waals surface area contributed by atoms with Gasteiger partial charge >= 0.3 is 5.97 Å². The number of hydrogen-bond donors (Lipinski definition) is 1. The fraction of sp³-hybridized carbons (Fsp3) is 0.333. The number of esters is 1. The minimum absolute atomic E-state index is 0.322. The SMILES string of the molecule is C=CCNC(=O)[C@H](C)OC(=O)/C=C/c1ccc(OC)c(OCC)c1. The van der Waals surface area contributed by atoms with E-state index in [1.165, 1.54) is 13.0 Å². The van der Waals surface area contributed by atoms with E-state index in [4.69, 9.17) is 14.2 Å². The zero-order chi connectivity index (χ0) is 17.9. The number of hydrogen-bond acceptors (Lipinski definition) is 5. The summed E-state index contributed by atoms with van der Waals surface area (Å²) in [6, 6.07) is 5.29. The van der Waals surface area contributed by atoms with Crippen LogP contribution < -0.4 is 14.8 Å². The zero-order valence-electron chi connectivity index (χ0n) is 14.2. The Bertz CT molecular complexity index is 609. The Balaban J connectivity index is 2.67. The molecular weight excluding hydrogens is 310 g/mol. The molecule has 0 saturated heterocycles. The van der Waals surface area contributed by atoms with Gasteiger partial charge in [-0.15, -0.1) is 6.58 Å². The van der Waals surface area contributed by atoms with Crippen LogP contribution in [0.15, 0.2) is 36.9 Å². The van der Waals surface area contributed by atoms with E-state index in [1.807, 2.05) is 6.92 Å². The molecule has 0 fully saturated rings. The predicted octanol–water partition coefficient (Wildman–Crippen LogP) is 2.34. The highest BCUT2D eigenvalue weighted by Crippen LogP contribution is 2.28. The first-order valence-electron chi connectivity index (χ1n) is 7.60. The van der Waals surface area contributed by atoms with Crippen molar-refractivity contribution in [2.45, 2.75) is 20.0 Å². The number of benzene rings is 1. The molecule has 0 unspecified atom stereocenters. The van der Waals surface area contributed by atoms with Crippen LogP contribution in [0.2, 0.25) is 0 Å². The second-order valence-electron chi connectivity index (χ2n) is 4.79. The fourth-order valence-corrected chi connectivity index (χ4v) is 1.81. The van der Waals surface area contributed by atoms with Crippen LogP contribution in [-0.2, 0) is 14.3 Å². The molecule has 130 valence electrons. The van der Waals surface area contributed by atoms with Gasteiger partial charge in [0, 0.05) is 12.6 Å². The van der Waals surface area contributed by atoms with Crippen molar-refractivity contribution in [1.82, 2.24) is 5.32 Å². The van der Waals surface area contributed by atoms with E-state index < -0.39 is 12.1 Å². The lowest BCUT2D eigenvalue weighted by molar-refractivity contribution is -0.150. The van der Waals surface area contributed by atoms with Crippen LogP contribution in [0.1, 0.15) is 19.4 Å². The maximum atomic E-state index is 11.8. The third-order valence-corrected chi connectivity index (χ3v) is 2.98. The molecule has 0 aliphatic heterocycles. The summed E-state index contributed by atoms with van der Waals surface area (Å²) in [5.41, 5.74) is 0.750. The second-order valence-corrected chi connectivity index (χ2v) is 4.79. The molecule has 0 aromatic heterocycles. The van der Waals surface area contributed by atoms with Gasteiger partial charge in [-0.3, -0.25) is 4.79 Å². The molecule has 0 saturated carbocycles. The fourth-order valence-electron chi connectivity index (χ4n) is 1.81. The molecule has 1 amide bonds. The topological polar surface area (TPSA) is 73.9 Å². The van der Waals surface area contributed by atoms with Gasteiger partial charge in [-0.1, -0.05) is 12.1 Å². The van der Waals surface area contributed by atoms with E-state index in [0.29, 0.717) is 24.7 Å².